The van der Waals surface area contributed by atoms with Gasteiger partial charge in [0.05, 0.1) is 25.5 Å². The van der Waals surface area contributed by atoms with Crippen LogP contribution < -0.4 is 21.3 Å². The number of imidazole rings is 1. The number of rotatable bonds is 23. The number of fused-ring (bicyclic) bond motifs is 1. The van der Waals surface area contributed by atoms with Crippen molar-refractivity contribution in [2.45, 2.75) is 122 Å². The first-order valence-electron chi connectivity index (χ1n) is 17.4. The van der Waals surface area contributed by atoms with Crippen LogP contribution in [-0.2, 0) is 31.6 Å². The molecular formula is C34H54N7O5P. The molecule has 0 aliphatic carbocycles. The lowest BCUT2D eigenvalue weighted by molar-refractivity contribution is -0.120. The van der Waals surface area contributed by atoms with Crippen molar-refractivity contribution >= 4 is 30.5 Å². The number of anilines is 1. The number of aromatic nitrogens is 4. The van der Waals surface area contributed by atoms with Crippen LogP contribution in [0.4, 0.5) is 5.82 Å². The van der Waals surface area contributed by atoms with Crippen LogP contribution in [0.15, 0.2) is 36.9 Å². The third-order valence-corrected chi connectivity index (χ3v) is 10.1. The molecule has 0 spiro atoms. The summed E-state index contributed by atoms with van der Waals surface area (Å²) in [5, 5.41) is 3.32. The minimum absolute atomic E-state index is 0.0842. The van der Waals surface area contributed by atoms with Gasteiger partial charge in [-0.05, 0) is 37.1 Å². The molecule has 0 bridgehead atoms. The number of unbranched alkanes of at least 4 members (excludes halogenated alkanes) is 13. The van der Waals surface area contributed by atoms with Gasteiger partial charge in [-0.15, -0.1) is 0 Å². The highest BCUT2D eigenvalue weighted by Crippen LogP contribution is 2.51. The van der Waals surface area contributed by atoms with Crippen molar-refractivity contribution in [2.24, 2.45) is 5.73 Å². The Labute approximate surface area is 279 Å². The summed E-state index contributed by atoms with van der Waals surface area (Å²) >= 11 is 0. The second-order valence-corrected chi connectivity index (χ2v) is 14.5. The Morgan fingerprint density at radius 2 is 1.62 bits per heavy atom. The number of nitrogens with zero attached hydrogens (tertiary/aromatic N) is 4. The number of hydrogen-bond acceptors (Lipinski definition) is 10. The lowest BCUT2D eigenvalue weighted by Crippen LogP contribution is -2.43. The molecule has 3 heterocycles. The van der Waals surface area contributed by atoms with Crippen LogP contribution in [0.3, 0.4) is 0 Å². The van der Waals surface area contributed by atoms with Gasteiger partial charge in [-0.1, -0.05) is 103 Å². The fourth-order valence-electron chi connectivity index (χ4n) is 5.84. The molecule has 12 nitrogen and oxygen atoms in total. The van der Waals surface area contributed by atoms with Crippen LogP contribution in [0.1, 0.15) is 102 Å². The number of benzene rings is 1. The lowest BCUT2D eigenvalue weighted by atomic mass is 10.0. The zero-order valence-electron chi connectivity index (χ0n) is 28.0. The van der Waals surface area contributed by atoms with E-state index >= 15 is 0 Å². The molecule has 1 amide bonds. The second kappa shape index (κ2) is 19.7. The molecule has 13 heteroatoms. The maximum Gasteiger partial charge on any atom is 0.404 e. The van der Waals surface area contributed by atoms with E-state index in [0.717, 1.165) is 24.9 Å². The molecule has 1 unspecified atom stereocenters. The van der Waals surface area contributed by atoms with Gasteiger partial charge in [-0.3, -0.25) is 9.32 Å². The molecule has 4 rings (SSSR count). The minimum atomic E-state index is -3.50. The number of carbonyl (C=O) groups is 1. The number of carbonyl (C=O) groups excluding carboxylic acids is 1. The summed E-state index contributed by atoms with van der Waals surface area (Å²) in [5.41, 5.74) is 13.6. The Balaban J connectivity index is 1.08. The Morgan fingerprint density at radius 3 is 2.21 bits per heavy atom. The zero-order chi connectivity index (χ0) is 33.3. The van der Waals surface area contributed by atoms with E-state index < -0.39 is 13.6 Å². The lowest BCUT2D eigenvalue weighted by Gasteiger charge is -2.29. The Hall–Kier alpha value is -3.05. The molecule has 1 saturated heterocycles. The van der Waals surface area contributed by atoms with E-state index in [-0.39, 0.29) is 25.0 Å². The summed E-state index contributed by atoms with van der Waals surface area (Å²) in [5.74, 6) is 0.333. The topological polar surface area (TPSA) is 170 Å². The maximum absolute atomic E-state index is 13.2. The molecule has 260 valence electrons. The zero-order valence-corrected chi connectivity index (χ0v) is 28.9. The predicted molar refractivity (Wildman–Crippen MR) is 185 cm³/mol. The fourth-order valence-corrected chi connectivity index (χ4v) is 7.25. The van der Waals surface area contributed by atoms with Gasteiger partial charge in [0.2, 0.25) is 5.91 Å². The van der Waals surface area contributed by atoms with E-state index in [1.807, 2.05) is 12.1 Å². The third kappa shape index (κ3) is 12.5. The second-order valence-electron chi connectivity index (χ2n) is 12.6. The van der Waals surface area contributed by atoms with Crippen molar-refractivity contribution in [3.63, 3.8) is 0 Å². The van der Waals surface area contributed by atoms with Crippen LogP contribution in [0.2, 0.25) is 0 Å². The van der Waals surface area contributed by atoms with Crippen molar-refractivity contribution < 1.29 is 23.1 Å². The summed E-state index contributed by atoms with van der Waals surface area (Å²) < 4.78 is 32.2. The van der Waals surface area contributed by atoms with E-state index in [9.17, 15) is 9.36 Å². The van der Waals surface area contributed by atoms with Gasteiger partial charge >= 0.3 is 7.60 Å². The first-order chi connectivity index (χ1) is 22.9. The largest absolute Gasteiger partial charge is 0.423 e. The molecule has 3 aromatic rings. The number of hydrogen-bond donors (Lipinski definition) is 3. The van der Waals surface area contributed by atoms with Gasteiger partial charge in [0, 0.05) is 0 Å². The van der Waals surface area contributed by atoms with Crippen molar-refractivity contribution in [3.8, 4) is 5.75 Å². The van der Waals surface area contributed by atoms with E-state index in [2.05, 4.69) is 27.2 Å². The van der Waals surface area contributed by atoms with Crippen molar-refractivity contribution in [2.75, 3.05) is 25.2 Å². The number of nitrogens with one attached hydrogen (secondary N) is 1. The van der Waals surface area contributed by atoms with Crippen LogP contribution in [0.5, 0.6) is 5.75 Å². The van der Waals surface area contributed by atoms with Gasteiger partial charge in [0.25, 0.3) is 0 Å². The van der Waals surface area contributed by atoms with E-state index in [1.165, 1.54) is 83.4 Å². The molecular weight excluding hydrogens is 617 g/mol. The molecule has 1 aromatic carbocycles. The van der Waals surface area contributed by atoms with Crippen LogP contribution >= 0.6 is 7.60 Å². The predicted octanol–water partition coefficient (Wildman–Crippen LogP) is 6.52. The molecule has 0 radical (unpaired) electrons. The quantitative estimate of drug-likeness (QED) is 0.0745. The molecule has 2 aromatic heterocycles. The molecule has 1 aliphatic rings. The van der Waals surface area contributed by atoms with E-state index in [4.69, 9.17) is 25.3 Å². The highest BCUT2D eigenvalue weighted by molar-refractivity contribution is 7.54. The molecule has 5 N–H and O–H groups in total. The number of amides is 1. The van der Waals surface area contributed by atoms with Gasteiger partial charge in [0.15, 0.2) is 17.8 Å². The van der Waals surface area contributed by atoms with Gasteiger partial charge in [0.1, 0.15) is 23.7 Å². The monoisotopic (exact) mass is 671 g/mol. The number of nitrogen functional groups attached to an aromatic ring is 1. The highest BCUT2D eigenvalue weighted by Gasteiger charge is 2.35. The van der Waals surface area contributed by atoms with E-state index in [1.54, 1.807) is 23.0 Å². The van der Waals surface area contributed by atoms with Crippen LogP contribution in [0, 0.1) is 0 Å². The maximum atomic E-state index is 13.2. The Kier molecular flexibility index (Phi) is 15.4. The smallest absolute Gasteiger partial charge is 0.404 e. The average Bonchev–Trinajstić information content (AvgIpc) is 3.48. The van der Waals surface area contributed by atoms with Crippen molar-refractivity contribution in [1.82, 2.24) is 24.8 Å². The standard InChI is InChI=1S/C34H54N7O5P/c1-2-3-4-5-6-7-8-9-10-11-12-13-14-15-20-37-30(33(36)42)21-27-16-18-28(19-17-27)46-47(43)26-44-29(23-45-47)22-41-25-40-31-32(35)38-24-39-34(31)41/h16-19,24-25,29-30,37H,2-15,20-23,26H2,1H3,(H2,36,42)(H2,35,38,39)/t29-,30-,47?/m0/s1. The third-order valence-electron chi connectivity index (χ3n) is 8.63. The van der Waals surface area contributed by atoms with E-state index in [0.29, 0.717) is 35.7 Å². The molecule has 0 saturated carbocycles. The number of primary amides is 1. The fraction of sp³-hybridized carbons (Fsp3) is 0.647. The van der Waals surface area contributed by atoms with Crippen molar-refractivity contribution in [3.05, 3.63) is 42.5 Å². The summed E-state index contributed by atoms with van der Waals surface area (Å²) in [6.45, 7) is 3.51. The first kappa shape index (κ1) is 36.8. The van der Waals surface area contributed by atoms with Gasteiger partial charge < -0.3 is 30.6 Å². The Bertz CT molecular complexity index is 1390. The molecule has 3 atom stereocenters. The minimum Gasteiger partial charge on any atom is -0.423 e. The summed E-state index contributed by atoms with van der Waals surface area (Å²) in [7, 11) is -3.50. The summed E-state index contributed by atoms with van der Waals surface area (Å²) in [6.07, 6.45) is 21.3. The normalized spacial score (nSPS) is 18.8. The van der Waals surface area contributed by atoms with Gasteiger partial charge in [-0.2, -0.15) is 0 Å². The Morgan fingerprint density at radius 1 is 0.979 bits per heavy atom. The SMILES string of the molecule is CCCCCCCCCCCCCCCCN[C@@H](Cc1ccc(OP2(=O)CO[C@@H](Cn3cnc4c(N)ncnc43)CO2)cc1)C(N)=O. The van der Waals surface area contributed by atoms with Crippen LogP contribution in [-0.4, -0.2) is 57.1 Å². The number of ether oxygens (including phenoxy) is 1. The van der Waals surface area contributed by atoms with Crippen molar-refractivity contribution in [1.29, 1.82) is 0 Å². The molecule has 47 heavy (non-hydrogen) atoms. The van der Waals surface area contributed by atoms with Gasteiger partial charge in [-0.25, -0.2) is 19.5 Å². The summed E-state index contributed by atoms with van der Waals surface area (Å²) in [6, 6.07) is 6.67. The average molecular weight is 672 g/mol. The van der Waals surface area contributed by atoms with Crippen LogP contribution in [0.25, 0.3) is 11.2 Å². The number of nitrogens with two attached hydrogens (primary N) is 2. The first-order valence-corrected chi connectivity index (χ1v) is 19.2. The molecule has 1 aliphatic heterocycles. The molecule has 1 fully saturated rings. The highest BCUT2D eigenvalue weighted by atomic mass is 31.2. The summed E-state index contributed by atoms with van der Waals surface area (Å²) in [4.78, 5) is 24.6.